The van der Waals surface area contributed by atoms with Crippen molar-refractivity contribution < 1.29 is 4.79 Å². The minimum atomic E-state index is -0.675. The second kappa shape index (κ2) is 7.67. The molecule has 1 saturated carbocycles. The number of rotatable bonds is 4. The van der Waals surface area contributed by atoms with Crippen LogP contribution in [0.15, 0.2) is 41.4 Å². The van der Waals surface area contributed by atoms with Crippen molar-refractivity contribution in [2.24, 2.45) is 0 Å². The van der Waals surface area contributed by atoms with Gasteiger partial charge in [-0.05, 0) is 25.0 Å². The molecule has 1 N–H and O–H groups in total. The van der Waals surface area contributed by atoms with Gasteiger partial charge in [0.25, 0.3) is 0 Å². The Morgan fingerprint density at radius 1 is 1.21 bits per heavy atom. The number of nitriles is 1. The summed E-state index contributed by atoms with van der Waals surface area (Å²) in [6.45, 7) is 0. The molecule has 0 spiro atoms. The molecule has 0 bridgehead atoms. The average Bonchev–Trinajstić information content (AvgIpc) is 2.86. The van der Waals surface area contributed by atoms with Gasteiger partial charge >= 0.3 is 0 Å². The first-order chi connectivity index (χ1) is 11.7. The van der Waals surface area contributed by atoms with Crippen molar-refractivity contribution in [1.29, 1.82) is 5.26 Å². The van der Waals surface area contributed by atoms with Gasteiger partial charge in [-0.25, -0.2) is 0 Å². The van der Waals surface area contributed by atoms with Crippen molar-refractivity contribution in [2.75, 3.05) is 5.75 Å². The maximum absolute atomic E-state index is 12.4. The summed E-state index contributed by atoms with van der Waals surface area (Å²) < 4.78 is 0. The summed E-state index contributed by atoms with van der Waals surface area (Å²) in [7, 11) is 0. The van der Waals surface area contributed by atoms with Gasteiger partial charge in [0.15, 0.2) is 0 Å². The van der Waals surface area contributed by atoms with E-state index in [9.17, 15) is 10.1 Å². The van der Waals surface area contributed by atoms with Gasteiger partial charge < -0.3 is 5.32 Å². The van der Waals surface area contributed by atoms with Crippen LogP contribution < -0.4 is 5.32 Å². The molecule has 4 nitrogen and oxygen atoms in total. The number of nitrogens with zero attached hydrogens (tertiary/aromatic N) is 2. The lowest BCUT2D eigenvalue weighted by atomic mass is 9.92. The highest BCUT2D eigenvalue weighted by Gasteiger charge is 2.32. The fraction of sp³-hybridized carbons (Fsp3) is 0.421. The van der Waals surface area contributed by atoms with Gasteiger partial charge in [-0.1, -0.05) is 43.9 Å². The van der Waals surface area contributed by atoms with Crippen LogP contribution in [0, 0.1) is 11.3 Å². The van der Waals surface area contributed by atoms with E-state index in [2.05, 4.69) is 16.4 Å². The van der Waals surface area contributed by atoms with Crippen molar-refractivity contribution in [2.45, 2.75) is 49.0 Å². The van der Waals surface area contributed by atoms with E-state index in [0.717, 1.165) is 54.3 Å². The molecule has 24 heavy (non-hydrogen) atoms. The van der Waals surface area contributed by atoms with Gasteiger partial charge in [-0.3, -0.25) is 9.78 Å². The van der Waals surface area contributed by atoms with E-state index >= 15 is 0 Å². The molecule has 1 aromatic carbocycles. The summed E-state index contributed by atoms with van der Waals surface area (Å²) in [6, 6.07) is 12.3. The second-order valence-corrected chi connectivity index (χ2v) is 7.29. The quantitative estimate of drug-likeness (QED) is 0.674. The summed E-state index contributed by atoms with van der Waals surface area (Å²) in [6.07, 6.45) is 7.60. The molecular formula is C19H21N3OS. The molecule has 1 aliphatic rings. The largest absolute Gasteiger partial charge is 0.337 e. The molecule has 0 atom stereocenters. The van der Waals surface area contributed by atoms with Crippen molar-refractivity contribution >= 4 is 28.6 Å². The smallest absolute Gasteiger partial charge is 0.231 e. The van der Waals surface area contributed by atoms with Crippen molar-refractivity contribution in [3.63, 3.8) is 0 Å². The molecule has 1 amide bonds. The zero-order valence-corrected chi connectivity index (χ0v) is 14.4. The molecule has 2 aromatic rings. The number of para-hydroxylation sites is 1. The maximum atomic E-state index is 12.4. The third-order valence-electron chi connectivity index (χ3n) is 4.50. The Labute approximate surface area is 146 Å². The molecule has 3 rings (SSSR count). The minimum absolute atomic E-state index is 0.0728. The monoisotopic (exact) mass is 339 g/mol. The van der Waals surface area contributed by atoms with Crippen molar-refractivity contribution in [3.8, 4) is 6.07 Å². The average molecular weight is 339 g/mol. The third kappa shape index (κ3) is 3.88. The summed E-state index contributed by atoms with van der Waals surface area (Å²) >= 11 is 1.48. The fourth-order valence-corrected chi connectivity index (χ4v) is 4.08. The van der Waals surface area contributed by atoms with Crippen LogP contribution in [0.1, 0.15) is 38.5 Å². The third-order valence-corrected chi connectivity index (χ3v) is 5.55. The number of carbonyl (C=O) groups is 1. The highest BCUT2D eigenvalue weighted by Crippen LogP contribution is 2.28. The molecule has 1 aliphatic carbocycles. The molecule has 0 radical (unpaired) electrons. The normalized spacial score (nSPS) is 17.0. The molecule has 1 heterocycles. The molecule has 124 valence electrons. The van der Waals surface area contributed by atoms with Crippen LogP contribution in [0.3, 0.4) is 0 Å². The predicted octanol–water partition coefficient (Wildman–Crippen LogP) is 4.06. The van der Waals surface area contributed by atoms with Crippen LogP contribution in [0.5, 0.6) is 0 Å². The Bertz CT molecular complexity index is 755. The number of carbonyl (C=O) groups excluding carboxylic acids is 1. The van der Waals surface area contributed by atoms with E-state index in [0.29, 0.717) is 5.75 Å². The summed E-state index contributed by atoms with van der Waals surface area (Å²) in [5, 5.41) is 13.6. The van der Waals surface area contributed by atoms with E-state index in [1.54, 1.807) is 6.20 Å². The molecule has 0 saturated heterocycles. The van der Waals surface area contributed by atoms with E-state index in [1.807, 2.05) is 30.3 Å². The minimum Gasteiger partial charge on any atom is -0.337 e. The number of fused-ring (bicyclic) bond motifs is 1. The van der Waals surface area contributed by atoms with E-state index < -0.39 is 5.54 Å². The van der Waals surface area contributed by atoms with Gasteiger partial charge in [0, 0.05) is 16.5 Å². The number of hydrogen-bond acceptors (Lipinski definition) is 4. The first-order valence-corrected chi connectivity index (χ1v) is 9.40. The first-order valence-electron chi connectivity index (χ1n) is 8.41. The second-order valence-electron chi connectivity index (χ2n) is 6.28. The van der Waals surface area contributed by atoms with Gasteiger partial charge in [-0.2, -0.15) is 5.26 Å². The summed E-state index contributed by atoms with van der Waals surface area (Å²) in [5.41, 5.74) is 0.243. The van der Waals surface area contributed by atoms with E-state index in [4.69, 9.17) is 0 Å². The molecule has 5 heteroatoms. The van der Waals surface area contributed by atoms with Gasteiger partial charge in [-0.15, -0.1) is 11.8 Å². The highest BCUT2D eigenvalue weighted by atomic mass is 32.2. The van der Waals surface area contributed by atoms with Crippen LogP contribution in [-0.2, 0) is 4.79 Å². The molecule has 1 fully saturated rings. The number of thioether (sulfide) groups is 1. The van der Waals surface area contributed by atoms with Crippen LogP contribution in [0.25, 0.3) is 10.9 Å². The Hall–Kier alpha value is -2.06. The predicted molar refractivity (Wildman–Crippen MR) is 96.7 cm³/mol. The summed E-state index contributed by atoms with van der Waals surface area (Å²) in [5.74, 6) is 0.232. The lowest BCUT2D eigenvalue weighted by Gasteiger charge is -2.26. The fourth-order valence-electron chi connectivity index (χ4n) is 3.24. The zero-order valence-electron chi connectivity index (χ0n) is 13.6. The molecule has 1 aromatic heterocycles. The maximum Gasteiger partial charge on any atom is 0.231 e. The highest BCUT2D eigenvalue weighted by molar-refractivity contribution is 8.00. The molecule has 0 unspecified atom stereocenters. The number of benzene rings is 1. The van der Waals surface area contributed by atoms with Crippen molar-refractivity contribution in [1.82, 2.24) is 10.3 Å². The van der Waals surface area contributed by atoms with Gasteiger partial charge in [0.1, 0.15) is 5.54 Å². The number of pyridine rings is 1. The Kier molecular flexibility index (Phi) is 5.37. The first kappa shape index (κ1) is 16.8. The Balaban J connectivity index is 1.65. The Morgan fingerprint density at radius 2 is 1.96 bits per heavy atom. The zero-order chi connectivity index (χ0) is 16.8. The lowest BCUT2D eigenvalue weighted by molar-refractivity contribution is -0.120. The van der Waals surface area contributed by atoms with E-state index in [1.165, 1.54) is 11.8 Å². The molecular weight excluding hydrogens is 318 g/mol. The van der Waals surface area contributed by atoms with E-state index in [-0.39, 0.29) is 5.91 Å². The number of nitrogens with one attached hydrogen (secondary N) is 1. The number of hydrogen-bond donors (Lipinski definition) is 1. The van der Waals surface area contributed by atoms with Crippen LogP contribution >= 0.6 is 11.8 Å². The molecule has 0 aliphatic heterocycles. The number of aromatic nitrogens is 1. The van der Waals surface area contributed by atoms with Crippen LogP contribution in [0.4, 0.5) is 0 Å². The number of amides is 1. The summed E-state index contributed by atoms with van der Waals surface area (Å²) in [4.78, 5) is 17.8. The van der Waals surface area contributed by atoms with Gasteiger partial charge in [0.2, 0.25) is 5.91 Å². The Morgan fingerprint density at radius 3 is 2.71 bits per heavy atom. The lowest BCUT2D eigenvalue weighted by Crippen LogP contribution is -2.47. The van der Waals surface area contributed by atoms with Gasteiger partial charge in [0.05, 0.1) is 17.3 Å². The van der Waals surface area contributed by atoms with Crippen LogP contribution in [-0.4, -0.2) is 22.2 Å². The topological polar surface area (TPSA) is 65.8 Å². The standard InChI is InChI=1S/C19H21N3OS/c20-14-19(10-3-1-2-4-11-19)22-17(23)13-24-16-9-5-7-15-8-6-12-21-18(15)16/h5-9,12H,1-4,10-11,13H2,(H,22,23). The van der Waals surface area contributed by atoms with Crippen LogP contribution in [0.2, 0.25) is 0 Å². The SMILES string of the molecule is N#CC1(NC(=O)CSc2cccc3cccnc23)CCCCCC1. The van der Waals surface area contributed by atoms with Crippen molar-refractivity contribution in [3.05, 3.63) is 36.5 Å².